The zero-order valence-corrected chi connectivity index (χ0v) is 17.0. The topological polar surface area (TPSA) is 73.8 Å². The number of carbonyl (C=O) groups excluding carboxylic acids is 1. The Kier molecular flexibility index (Phi) is 6.08. The highest BCUT2D eigenvalue weighted by Gasteiger charge is 2.38. The maximum Gasteiger partial charge on any atom is 0.234 e. The van der Waals surface area contributed by atoms with Gasteiger partial charge >= 0.3 is 0 Å². The van der Waals surface area contributed by atoms with E-state index in [2.05, 4.69) is 43.8 Å². The van der Waals surface area contributed by atoms with Crippen LogP contribution in [0.2, 0.25) is 0 Å². The molecule has 1 amide bonds. The second-order valence-corrected chi connectivity index (χ2v) is 8.54. The van der Waals surface area contributed by atoms with E-state index in [-0.39, 0.29) is 11.9 Å². The molecule has 1 aromatic rings. The van der Waals surface area contributed by atoms with Gasteiger partial charge in [-0.15, -0.1) is 0 Å². The van der Waals surface area contributed by atoms with Gasteiger partial charge in [0, 0.05) is 63.7 Å². The molecule has 3 atom stereocenters. The molecular weight excluding hydrogens is 356 g/mol. The van der Waals surface area contributed by atoms with Crippen molar-refractivity contribution >= 4 is 11.9 Å². The van der Waals surface area contributed by atoms with E-state index in [1.54, 1.807) is 12.4 Å². The fourth-order valence-corrected chi connectivity index (χ4v) is 4.44. The molecule has 1 aromatic heterocycles. The number of morpholine rings is 1. The van der Waals surface area contributed by atoms with E-state index in [0.717, 1.165) is 58.2 Å². The Morgan fingerprint density at radius 1 is 1.21 bits per heavy atom. The van der Waals surface area contributed by atoms with Gasteiger partial charge in [-0.05, 0) is 18.4 Å². The Morgan fingerprint density at radius 2 is 1.96 bits per heavy atom. The lowest BCUT2D eigenvalue weighted by Gasteiger charge is -2.36. The van der Waals surface area contributed by atoms with Crippen molar-refractivity contribution in [2.24, 2.45) is 5.92 Å². The van der Waals surface area contributed by atoms with Crippen molar-refractivity contribution in [3.63, 3.8) is 0 Å². The highest BCUT2D eigenvalue weighted by Crippen LogP contribution is 2.25. The Hall–Kier alpha value is -1.77. The van der Waals surface area contributed by atoms with Gasteiger partial charge in [-0.1, -0.05) is 13.8 Å². The number of fused-ring (bicyclic) bond motifs is 1. The summed E-state index contributed by atoms with van der Waals surface area (Å²) < 4.78 is 6.00. The van der Waals surface area contributed by atoms with Crippen molar-refractivity contribution in [2.45, 2.75) is 38.5 Å². The first kappa shape index (κ1) is 19.5. The average Bonchev–Trinajstić information content (AvgIpc) is 3.10. The number of hydrogen-bond donors (Lipinski definition) is 1. The number of nitrogens with zero attached hydrogens (tertiary/aromatic N) is 5. The first-order valence-corrected chi connectivity index (χ1v) is 10.5. The van der Waals surface area contributed by atoms with Gasteiger partial charge in [0.15, 0.2) is 0 Å². The number of anilines is 1. The molecule has 0 saturated carbocycles. The molecule has 3 aliphatic heterocycles. The highest BCUT2D eigenvalue weighted by atomic mass is 16.5. The van der Waals surface area contributed by atoms with Gasteiger partial charge in [-0.25, -0.2) is 9.97 Å². The molecule has 0 unspecified atom stereocenters. The maximum atomic E-state index is 12.6. The third kappa shape index (κ3) is 4.61. The molecule has 0 spiro atoms. The van der Waals surface area contributed by atoms with Gasteiger partial charge in [-0.3, -0.25) is 14.6 Å². The van der Waals surface area contributed by atoms with E-state index in [1.807, 2.05) is 6.07 Å². The third-order valence-electron chi connectivity index (χ3n) is 6.13. The zero-order valence-electron chi connectivity index (χ0n) is 17.0. The van der Waals surface area contributed by atoms with Crippen LogP contribution in [-0.2, 0) is 9.53 Å². The van der Waals surface area contributed by atoms with Crippen LogP contribution >= 0.6 is 0 Å². The van der Waals surface area contributed by atoms with Crippen LogP contribution in [0.15, 0.2) is 18.5 Å². The zero-order chi connectivity index (χ0) is 19.5. The van der Waals surface area contributed by atoms with Crippen molar-refractivity contribution in [1.29, 1.82) is 0 Å². The number of piperazine rings is 1. The molecule has 1 N–H and O–H groups in total. The van der Waals surface area contributed by atoms with Crippen LogP contribution in [0.1, 0.15) is 20.3 Å². The van der Waals surface area contributed by atoms with Crippen molar-refractivity contribution in [2.75, 3.05) is 57.3 Å². The van der Waals surface area contributed by atoms with Gasteiger partial charge in [0.05, 0.1) is 19.3 Å². The summed E-state index contributed by atoms with van der Waals surface area (Å²) in [4.78, 5) is 28.1. The van der Waals surface area contributed by atoms with E-state index in [1.165, 1.54) is 0 Å². The van der Waals surface area contributed by atoms with Gasteiger partial charge in [0.25, 0.3) is 0 Å². The smallest absolute Gasteiger partial charge is 0.234 e. The van der Waals surface area contributed by atoms with Crippen LogP contribution in [0, 0.1) is 5.92 Å². The minimum atomic E-state index is 0.135. The molecule has 0 aliphatic carbocycles. The largest absolute Gasteiger partial charge is 0.375 e. The van der Waals surface area contributed by atoms with Crippen LogP contribution in [0.4, 0.5) is 5.95 Å². The molecule has 3 aliphatic rings. The van der Waals surface area contributed by atoms with E-state index in [4.69, 9.17) is 4.74 Å². The van der Waals surface area contributed by atoms with Crippen molar-refractivity contribution in [3.8, 4) is 0 Å². The van der Waals surface area contributed by atoms with Gasteiger partial charge in [-0.2, -0.15) is 0 Å². The van der Waals surface area contributed by atoms with Crippen LogP contribution < -0.4 is 10.2 Å². The molecule has 3 fully saturated rings. The quantitative estimate of drug-likeness (QED) is 0.773. The predicted molar refractivity (Wildman–Crippen MR) is 107 cm³/mol. The van der Waals surface area contributed by atoms with Crippen molar-refractivity contribution < 1.29 is 9.53 Å². The Balaban J connectivity index is 1.20. The normalized spacial score (nSPS) is 29.1. The van der Waals surface area contributed by atoms with E-state index >= 15 is 0 Å². The van der Waals surface area contributed by atoms with Crippen molar-refractivity contribution in [3.05, 3.63) is 18.5 Å². The third-order valence-corrected chi connectivity index (χ3v) is 6.13. The number of hydrogen-bond acceptors (Lipinski definition) is 7. The molecule has 8 nitrogen and oxygen atoms in total. The Labute approximate surface area is 167 Å². The fraction of sp³-hybridized carbons (Fsp3) is 0.750. The fourth-order valence-electron chi connectivity index (χ4n) is 4.44. The molecule has 8 heteroatoms. The minimum absolute atomic E-state index is 0.135. The van der Waals surface area contributed by atoms with Crippen molar-refractivity contribution in [1.82, 2.24) is 25.1 Å². The predicted octanol–water partition coefficient (Wildman–Crippen LogP) is 0.213. The molecule has 0 aromatic carbocycles. The number of aromatic nitrogens is 2. The number of amides is 1. The molecule has 4 heterocycles. The number of rotatable bonds is 5. The molecular formula is C20H32N6O2. The van der Waals surface area contributed by atoms with E-state index in [0.29, 0.717) is 24.6 Å². The summed E-state index contributed by atoms with van der Waals surface area (Å²) in [6, 6.07) is 2.52. The van der Waals surface area contributed by atoms with Crippen LogP contribution in [-0.4, -0.2) is 96.3 Å². The first-order valence-electron chi connectivity index (χ1n) is 10.5. The summed E-state index contributed by atoms with van der Waals surface area (Å²) in [5.74, 6) is 1.45. The lowest BCUT2D eigenvalue weighted by Crippen LogP contribution is -2.51. The SMILES string of the molecule is CC(C)[C@@H]1CN2C[C@@H](NC(=O)CN3CCN(c4ncccn4)CC3)C[C@H]2CO1. The van der Waals surface area contributed by atoms with E-state index < -0.39 is 0 Å². The second-order valence-electron chi connectivity index (χ2n) is 8.54. The summed E-state index contributed by atoms with van der Waals surface area (Å²) in [6.45, 7) is 11.0. The summed E-state index contributed by atoms with van der Waals surface area (Å²) >= 11 is 0. The summed E-state index contributed by atoms with van der Waals surface area (Å²) in [6.07, 6.45) is 4.85. The highest BCUT2D eigenvalue weighted by molar-refractivity contribution is 5.78. The maximum absolute atomic E-state index is 12.6. The molecule has 0 radical (unpaired) electrons. The molecule has 4 rings (SSSR count). The van der Waals surface area contributed by atoms with Crippen LogP contribution in [0.5, 0.6) is 0 Å². The van der Waals surface area contributed by atoms with Gasteiger partial charge < -0.3 is 15.0 Å². The van der Waals surface area contributed by atoms with Gasteiger partial charge in [0.2, 0.25) is 11.9 Å². The monoisotopic (exact) mass is 388 g/mol. The molecule has 28 heavy (non-hydrogen) atoms. The van der Waals surface area contributed by atoms with Crippen LogP contribution in [0.25, 0.3) is 0 Å². The molecule has 0 bridgehead atoms. The molecule has 3 saturated heterocycles. The minimum Gasteiger partial charge on any atom is -0.375 e. The first-order chi connectivity index (χ1) is 13.6. The van der Waals surface area contributed by atoms with Crippen LogP contribution in [0.3, 0.4) is 0 Å². The summed E-state index contributed by atoms with van der Waals surface area (Å²) in [5.41, 5.74) is 0. The Morgan fingerprint density at radius 3 is 2.68 bits per heavy atom. The second kappa shape index (κ2) is 8.71. The Bertz CT molecular complexity index is 649. The standard InChI is InChI=1S/C20H32N6O2/c1-15(2)18-12-26-11-16(10-17(26)14-28-18)23-19(27)13-24-6-8-25(9-7-24)20-21-4-3-5-22-20/h3-5,15-18H,6-14H2,1-2H3,(H,23,27)/t16-,17-,18-/m0/s1. The summed E-state index contributed by atoms with van der Waals surface area (Å²) in [5, 5.41) is 3.25. The van der Waals surface area contributed by atoms with Gasteiger partial charge in [0.1, 0.15) is 0 Å². The van der Waals surface area contributed by atoms with E-state index in [9.17, 15) is 4.79 Å². The average molecular weight is 389 g/mol. The number of ether oxygens (including phenoxy) is 1. The lowest BCUT2D eigenvalue weighted by atomic mass is 10.0. The molecule has 154 valence electrons. The summed E-state index contributed by atoms with van der Waals surface area (Å²) in [7, 11) is 0. The lowest BCUT2D eigenvalue weighted by molar-refractivity contribution is -0.123. The number of carbonyl (C=O) groups is 1. The number of nitrogens with one attached hydrogen (secondary N) is 1.